The molecule has 9 nitrogen and oxygen atoms in total. The fourth-order valence-electron chi connectivity index (χ4n) is 9.50. The standard InChI is InChI=1S/C18H21NO.C18H21N.C18H19N.C12H9N3O2/c19-17-8-4-7-16(13-17)18(20,12-11-14-9-10-14)15-5-2-1-3-6-15;2*19-17-8-4-7-16(13-17)18(12-11-14-9-10-14)15-5-2-1-3-6-15;1-8-5-11(12(16)17)15(14-8)10-4-2-3-9(6-10)7-13/h1-8,13-14,20H,9-12,19H2;1-8,13-14,18H,9-12,19H2;1-8,12-14H,9-11,19H2;2-6H,1H3,(H,16,17)/b;;18-12+;. The van der Waals surface area contributed by atoms with Gasteiger partial charge >= 0.3 is 5.97 Å². The van der Waals surface area contributed by atoms with E-state index in [1.54, 1.807) is 31.2 Å². The van der Waals surface area contributed by atoms with E-state index in [1.807, 2.05) is 78.9 Å². The summed E-state index contributed by atoms with van der Waals surface area (Å²) in [5.74, 6) is 2.12. The minimum absolute atomic E-state index is 0.0811. The molecule has 2 unspecified atom stereocenters. The van der Waals surface area contributed by atoms with Gasteiger partial charge in [0.15, 0.2) is 5.69 Å². The van der Waals surface area contributed by atoms with Crippen molar-refractivity contribution in [2.24, 2.45) is 17.8 Å². The van der Waals surface area contributed by atoms with Crippen LogP contribution in [0.4, 0.5) is 17.1 Å². The van der Waals surface area contributed by atoms with E-state index >= 15 is 0 Å². The molecule has 0 aliphatic heterocycles. The van der Waals surface area contributed by atoms with Crippen LogP contribution in [0.2, 0.25) is 0 Å². The largest absolute Gasteiger partial charge is 0.477 e. The Morgan fingerprint density at radius 3 is 1.80 bits per heavy atom. The lowest BCUT2D eigenvalue weighted by Crippen LogP contribution is -2.27. The molecule has 7 aromatic carbocycles. The fourth-order valence-corrected chi connectivity index (χ4v) is 9.50. The number of nitrogens with zero attached hydrogens (tertiary/aromatic N) is 3. The van der Waals surface area contributed by atoms with Crippen LogP contribution in [-0.4, -0.2) is 26.0 Å². The molecule has 0 amide bonds. The molecule has 1 heterocycles. The predicted molar refractivity (Wildman–Crippen MR) is 305 cm³/mol. The van der Waals surface area contributed by atoms with E-state index in [0.717, 1.165) is 53.1 Å². The molecule has 0 saturated heterocycles. The first-order valence-electron chi connectivity index (χ1n) is 26.4. The normalized spacial score (nSPS) is 15.0. The van der Waals surface area contributed by atoms with Crippen LogP contribution in [0.25, 0.3) is 11.3 Å². The molecule has 1 aromatic heterocycles. The van der Waals surface area contributed by atoms with Gasteiger partial charge in [-0.15, -0.1) is 0 Å². The van der Waals surface area contributed by atoms with Crippen LogP contribution in [-0.2, 0) is 5.60 Å². The summed E-state index contributed by atoms with van der Waals surface area (Å²) in [5, 5.41) is 33.2. The van der Waals surface area contributed by atoms with Crippen molar-refractivity contribution < 1.29 is 15.0 Å². The van der Waals surface area contributed by atoms with Gasteiger partial charge in [0.1, 0.15) is 5.60 Å². The van der Waals surface area contributed by atoms with E-state index < -0.39 is 11.6 Å². The van der Waals surface area contributed by atoms with Crippen molar-refractivity contribution in [1.82, 2.24) is 9.78 Å². The molecule has 3 saturated carbocycles. The molecule has 0 bridgehead atoms. The number of aromatic carboxylic acids is 1. The van der Waals surface area contributed by atoms with Gasteiger partial charge in [-0.2, -0.15) is 10.4 Å². The zero-order chi connectivity index (χ0) is 52.6. The number of allylic oxidation sites excluding steroid dienone is 1. The Kier molecular flexibility index (Phi) is 18.2. The van der Waals surface area contributed by atoms with Crippen molar-refractivity contribution in [2.45, 2.75) is 89.1 Å². The highest BCUT2D eigenvalue weighted by Crippen LogP contribution is 2.42. The van der Waals surface area contributed by atoms with Gasteiger partial charge in [-0.3, -0.25) is 0 Å². The van der Waals surface area contributed by atoms with Crippen molar-refractivity contribution in [3.05, 3.63) is 251 Å². The Hall–Kier alpha value is -8.19. The van der Waals surface area contributed by atoms with Gasteiger partial charge in [0.05, 0.1) is 23.0 Å². The monoisotopic (exact) mass is 995 g/mol. The third-order valence-corrected chi connectivity index (χ3v) is 14.2. The molecule has 9 heteroatoms. The maximum atomic E-state index is 11.3. The number of nitriles is 1. The molecular weight excluding hydrogens is 925 g/mol. The van der Waals surface area contributed by atoms with Crippen LogP contribution in [0.3, 0.4) is 0 Å². The molecule has 3 fully saturated rings. The van der Waals surface area contributed by atoms with Crippen molar-refractivity contribution >= 4 is 28.6 Å². The fraction of sp³-hybridized carbons (Fsp3) is 0.258. The molecule has 3 aliphatic carbocycles. The maximum absolute atomic E-state index is 11.3. The highest BCUT2D eigenvalue weighted by Gasteiger charge is 2.34. The number of aryl methyl sites for hydroxylation is 1. The smallest absolute Gasteiger partial charge is 0.354 e. The number of nitrogens with two attached hydrogens (primary N) is 3. The topological polar surface area (TPSA) is 177 Å². The minimum Gasteiger partial charge on any atom is -0.477 e. The average molecular weight is 995 g/mol. The van der Waals surface area contributed by atoms with E-state index in [-0.39, 0.29) is 5.69 Å². The molecule has 0 radical (unpaired) electrons. The molecule has 8 N–H and O–H groups in total. The molecular formula is C66H70N6O3. The summed E-state index contributed by atoms with van der Waals surface area (Å²) in [7, 11) is 0. The van der Waals surface area contributed by atoms with Crippen molar-refractivity contribution in [3.63, 3.8) is 0 Å². The Morgan fingerprint density at radius 1 is 0.640 bits per heavy atom. The van der Waals surface area contributed by atoms with E-state index in [1.165, 1.54) is 96.4 Å². The van der Waals surface area contributed by atoms with Crippen LogP contribution >= 0.6 is 0 Å². The first kappa shape index (κ1) is 53.1. The summed E-state index contributed by atoms with van der Waals surface area (Å²) >= 11 is 0. The third-order valence-electron chi connectivity index (χ3n) is 14.2. The first-order chi connectivity index (χ1) is 36.4. The van der Waals surface area contributed by atoms with E-state index in [4.69, 9.17) is 27.6 Å². The summed E-state index contributed by atoms with van der Waals surface area (Å²) in [6.07, 6.45) is 16.2. The summed E-state index contributed by atoms with van der Waals surface area (Å²) < 4.78 is 1.32. The van der Waals surface area contributed by atoms with E-state index in [0.29, 0.717) is 28.6 Å². The highest BCUT2D eigenvalue weighted by atomic mass is 16.4. The summed E-state index contributed by atoms with van der Waals surface area (Å²) in [4.78, 5) is 11.0. The van der Waals surface area contributed by atoms with E-state index in [9.17, 15) is 9.90 Å². The molecule has 8 aromatic rings. The minimum atomic E-state index is -1.05. The summed E-state index contributed by atoms with van der Waals surface area (Å²) in [6, 6.07) is 65.6. The number of carbonyl (C=O) groups is 1. The number of hydrogen-bond acceptors (Lipinski definition) is 7. The summed E-state index contributed by atoms with van der Waals surface area (Å²) in [5.41, 5.74) is 29.3. The number of benzene rings is 7. The van der Waals surface area contributed by atoms with Gasteiger partial charge in [0.2, 0.25) is 0 Å². The zero-order valence-corrected chi connectivity index (χ0v) is 43.0. The van der Waals surface area contributed by atoms with Gasteiger partial charge < -0.3 is 27.4 Å². The number of aromatic nitrogens is 2. The number of aliphatic hydroxyl groups is 1. The number of anilines is 3. The quantitative estimate of drug-likeness (QED) is 0.0594. The Bertz CT molecular complexity index is 3170. The highest BCUT2D eigenvalue weighted by molar-refractivity contribution is 5.86. The second kappa shape index (κ2) is 25.7. The van der Waals surface area contributed by atoms with Crippen LogP contribution in [0.5, 0.6) is 0 Å². The number of hydrogen-bond donors (Lipinski definition) is 5. The Labute approximate surface area is 443 Å². The zero-order valence-electron chi connectivity index (χ0n) is 43.0. The Balaban J connectivity index is 0.000000133. The maximum Gasteiger partial charge on any atom is 0.354 e. The second-order valence-corrected chi connectivity index (χ2v) is 20.3. The van der Waals surface area contributed by atoms with E-state index in [2.05, 4.69) is 102 Å². The molecule has 75 heavy (non-hydrogen) atoms. The Morgan fingerprint density at radius 2 is 1.19 bits per heavy atom. The van der Waals surface area contributed by atoms with Crippen LogP contribution < -0.4 is 17.2 Å². The lowest BCUT2D eigenvalue weighted by Gasteiger charge is -2.30. The lowest BCUT2D eigenvalue weighted by atomic mass is 9.82. The number of carboxylic acid groups (broad SMARTS) is 1. The van der Waals surface area contributed by atoms with Crippen molar-refractivity contribution in [1.29, 1.82) is 5.26 Å². The van der Waals surface area contributed by atoms with Gasteiger partial charge in [-0.05, 0) is 169 Å². The van der Waals surface area contributed by atoms with Crippen LogP contribution in [0.1, 0.15) is 132 Å². The first-order valence-corrected chi connectivity index (χ1v) is 26.4. The lowest BCUT2D eigenvalue weighted by molar-refractivity contribution is 0.0668. The molecule has 2 atom stereocenters. The van der Waals surface area contributed by atoms with Gasteiger partial charge in [0.25, 0.3) is 0 Å². The van der Waals surface area contributed by atoms with Gasteiger partial charge in [-0.25, -0.2) is 9.48 Å². The number of carboxylic acids is 1. The van der Waals surface area contributed by atoms with Crippen molar-refractivity contribution in [2.75, 3.05) is 17.2 Å². The van der Waals surface area contributed by atoms with Crippen molar-refractivity contribution in [3.8, 4) is 11.8 Å². The second-order valence-electron chi connectivity index (χ2n) is 20.3. The van der Waals surface area contributed by atoms with Crippen LogP contribution in [0.15, 0.2) is 200 Å². The molecule has 0 spiro atoms. The number of nitrogen functional groups attached to an aromatic ring is 3. The third kappa shape index (κ3) is 15.7. The average Bonchev–Trinajstić information content (AvgIpc) is 4.32. The SMILES string of the molecule is Cc1cc(C(=O)O)n(-c2cccc(C#N)c2)n1.Nc1cccc(/C(=C/CC2CC2)c2ccccc2)c1.Nc1cccc(C(CCC2CC2)c2ccccc2)c1.Nc1cccc(C(O)(CCC2CC2)c2ccccc2)c1. The number of rotatable bonds is 16. The molecule has 382 valence electrons. The predicted octanol–water partition coefficient (Wildman–Crippen LogP) is 14.5. The van der Waals surface area contributed by atoms with Crippen LogP contribution in [0, 0.1) is 36.0 Å². The molecule has 3 aliphatic rings. The molecule has 11 rings (SSSR count). The summed E-state index contributed by atoms with van der Waals surface area (Å²) in [6.45, 7) is 1.72. The van der Waals surface area contributed by atoms with Gasteiger partial charge in [0, 0.05) is 23.0 Å². The van der Waals surface area contributed by atoms with Gasteiger partial charge in [-0.1, -0.05) is 165 Å².